The highest BCUT2D eigenvalue weighted by Crippen LogP contribution is 2.38. The first-order valence-electron chi connectivity index (χ1n) is 26.5. The summed E-state index contributed by atoms with van der Waals surface area (Å²) in [5.74, 6) is -1.78. The fourth-order valence-electron chi connectivity index (χ4n) is 10.7. The van der Waals surface area contributed by atoms with Gasteiger partial charge in [-0.1, -0.05) is 0 Å². The maximum atomic E-state index is 12.9. The van der Waals surface area contributed by atoms with Crippen LogP contribution in [0, 0.1) is 0 Å². The Hall–Kier alpha value is -2.38. The summed E-state index contributed by atoms with van der Waals surface area (Å²) in [5.41, 5.74) is 0. The van der Waals surface area contributed by atoms with Gasteiger partial charge in [0.2, 0.25) is 11.8 Å². The van der Waals surface area contributed by atoms with Gasteiger partial charge in [-0.25, -0.2) is 0 Å². The molecule has 7 aliphatic heterocycles. The molecule has 7 rings (SSSR count). The third-order valence-electron chi connectivity index (χ3n) is 15.3. The molecule has 2 amide bonds. The number of nitrogens with one attached hydrogen (secondary N) is 2. The molecule has 37 nitrogen and oxygen atoms in total. The average molecular weight is 1220 g/mol. The van der Waals surface area contributed by atoms with Gasteiger partial charge in [0.25, 0.3) is 0 Å². The first kappa shape index (κ1) is 68.1. The molecular formula is C46H78N2O35. The van der Waals surface area contributed by atoms with Crippen LogP contribution in [0.5, 0.6) is 0 Å². The van der Waals surface area contributed by atoms with Gasteiger partial charge < -0.3 is 174 Å². The summed E-state index contributed by atoms with van der Waals surface area (Å²) < 4.78 is 74.9. The van der Waals surface area contributed by atoms with Gasteiger partial charge in [0.05, 0.1) is 45.7 Å². The first-order valence-corrected chi connectivity index (χ1v) is 26.5. The summed E-state index contributed by atoms with van der Waals surface area (Å²) in [5, 5.41) is 221. The molecule has 22 N–H and O–H groups in total. The summed E-state index contributed by atoms with van der Waals surface area (Å²) in [6.45, 7) is -2.85. The third-order valence-corrected chi connectivity index (χ3v) is 15.3. The lowest BCUT2D eigenvalue weighted by molar-refractivity contribution is -0.391. The molecule has 83 heavy (non-hydrogen) atoms. The number of hydrogen-bond donors (Lipinski definition) is 22. The van der Waals surface area contributed by atoms with Gasteiger partial charge in [-0.05, 0) is 6.92 Å². The minimum atomic E-state index is -2.30. The normalized spacial score (nSPS) is 50.8. The van der Waals surface area contributed by atoms with Crippen molar-refractivity contribution >= 4 is 11.8 Å². The Labute approximate surface area is 470 Å². The van der Waals surface area contributed by atoms with E-state index in [0.29, 0.717) is 0 Å². The second-order valence-corrected chi connectivity index (χ2v) is 21.0. The van der Waals surface area contributed by atoms with Crippen molar-refractivity contribution in [3.8, 4) is 0 Å². The lowest BCUT2D eigenvalue weighted by Crippen LogP contribution is -2.71. The monoisotopic (exact) mass is 1220 g/mol. The van der Waals surface area contributed by atoms with Crippen molar-refractivity contribution in [3.63, 3.8) is 0 Å². The molecule has 0 saturated carbocycles. The zero-order chi connectivity index (χ0) is 61.2. The molecule has 0 spiro atoms. The minimum Gasteiger partial charge on any atom is -0.394 e. The van der Waals surface area contributed by atoms with Crippen LogP contribution in [0.25, 0.3) is 0 Å². The average Bonchev–Trinajstić information content (AvgIpc) is 3.55. The minimum absolute atomic E-state index is 0.884. The van der Waals surface area contributed by atoms with Crippen LogP contribution in [0.4, 0.5) is 0 Å². The SMILES string of the molecule is CC(=O)N[C@H]1[C@H](O[C@H]2[C@@H](O)[C@@H](CO)O[C@@H](O[C@H]3[C@H](O)[C@@H](O)[C@H](O)O[C@@H]3CO)[C@@H]2O)O[C@H](CO)[C@@H](O[C@@H]2O[C@H](CO)[C@H](O)[C@H](O[C@@H]3O[C@H](CO)[C@@H](O)[C@H](O[C@@H]4O[C@H](CO)[C@H](O)[C@H](O)[C@H]4O[C@@H]4O[C@@H](C)[C@@H](O)[C@@H](O)[C@@H]4O)[C@H]3NC(C)=O)[C@H]2O)[C@@H]1O. The van der Waals surface area contributed by atoms with E-state index in [0.717, 1.165) is 13.8 Å². The molecule has 0 radical (unpaired) electrons. The van der Waals surface area contributed by atoms with Gasteiger partial charge in [-0.2, -0.15) is 0 Å². The Bertz CT molecular complexity index is 2050. The fourth-order valence-corrected chi connectivity index (χ4v) is 10.7. The van der Waals surface area contributed by atoms with E-state index in [2.05, 4.69) is 10.6 Å². The molecule has 0 unspecified atom stereocenters. The summed E-state index contributed by atoms with van der Waals surface area (Å²) in [7, 11) is 0. The Morgan fingerprint density at radius 2 is 0.663 bits per heavy atom. The van der Waals surface area contributed by atoms with E-state index in [-0.39, 0.29) is 0 Å². The maximum absolute atomic E-state index is 12.9. The van der Waals surface area contributed by atoms with Crippen molar-refractivity contribution in [1.29, 1.82) is 0 Å². The van der Waals surface area contributed by atoms with E-state index in [1.165, 1.54) is 6.92 Å². The van der Waals surface area contributed by atoms with Crippen LogP contribution >= 0.6 is 0 Å². The Balaban J connectivity index is 1.12. The Morgan fingerprint density at radius 3 is 1.16 bits per heavy atom. The second kappa shape index (κ2) is 29.3. The molecule has 0 aliphatic carbocycles. The summed E-state index contributed by atoms with van der Waals surface area (Å²) in [4.78, 5) is 25.6. The van der Waals surface area contributed by atoms with Gasteiger partial charge in [0.1, 0.15) is 165 Å². The van der Waals surface area contributed by atoms with Gasteiger partial charge in [0.15, 0.2) is 44.0 Å². The van der Waals surface area contributed by atoms with Crippen LogP contribution in [0.15, 0.2) is 0 Å². The second-order valence-electron chi connectivity index (χ2n) is 21.0. The number of carbonyl (C=O) groups excluding carboxylic acids is 2. The number of hydrogen-bond acceptors (Lipinski definition) is 35. The molecule has 482 valence electrons. The highest BCUT2D eigenvalue weighted by Gasteiger charge is 2.59. The zero-order valence-corrected chi connectivity index (χ0v) is 44.5. The van der Waals surface area contributed by atoms with Crippen molar-refractivity contribution < 1.29 is 173 Å². The summed E-state index contributed by atoms with van der Waals surface area (Å²) in [6, 6.07) is -3.68. The third kappa shape index (κ3) is 14.5. The standard InChI is InChI=1S/C46H78N2O35/c1-10-21(57)27(63)31(67)43(71-10)83-39-28(64)22(58)13(4-49)76-46(39)80-36-20(48-12(3)56)42(73-14(5-50)23(36)59)82-38-25(61)16(7-52)74-44(33(38)69)78-34-18(9-54)77-41(19(26(34)62)47-11(2)55)81-37-24(60)15(6-51)75-45(32(37)68)79-35-17(8-53)72-40(70)30(66)29(35)65/h10,13-46,49-54,57-70H,4-9H2,1-3H3,(H,47,55)(H,48,56)/t10-,13+,14+,15+,16+,17+,18+,19+,20+,21+,22-,23+,24-,25-,26+,27+,28-,29+,30+,31-,32+,33+,34+,35+,36+,37-,38-,39+,40+,41-,42-,43-,44-,45-,46-/m0/s1. The van der Waals surface area contributed by atoms with E-state index in [1.54, 1.807) is 0 Å². The van der Waals surface area contributed by atoms with Crippen molar-refractivity contribution in [2.45, 2.75) is 236 Å². The molecule has 0 bridgehead atoms. The molecule has 0 aromatic heterocycles. The first-order chi connectivity index (χ1) is 39.2. The predicted octanol–water partition coefficient (Wildman–Crippen LogP) is -15.0. The molecule has 7 saturated heterocycles. The van der Waals surface area contributed by atoms with Crippen molar-refractivity contribution in [3.05, 3.63) is 0 Å². The number of carbonyl (C=O) groups is 2. The van der Waals surface area contributed by atoms with Gasteiger partial charge in [0, 0.05) is 13.8 Å². The smallest absolute Gasteiger partial charge is 0.217 e. The van der Waals surface area contributed by atoms with Crippen LogP contribution in [0.2, 0.25) is 0 Å². The topological polar surface area (TPSA) is 583 Å². The summed E-state index contributed by atoms with van der Waals surface area (Å²) in [6.07, 6.45) is -63.5. The quantitative estimate of drug-likeness (QED) is 0.0538. The number of aliphatic hydroxyl groups excluding tert-OH is 20. The fraction of sp³-hybridized carbons (Fsp3) is 0.957. The van der Waals surface area contributed by atoms with Crippen molar-refractivity contribution in [2.24, 2.45) is 0 Å². The molecule has 0 aromatic carbocycles. The maximum Gasteiger partial charge on any atom is 0.217 e. The predicted molar refractivity (Wildman–Crippen MR) is 254 cm³/mol. The van der Waals surface area contributed by atoms with Crippen molar-refractivity contribution in [1.82, 2.24) is 10.6 Å². The molecule has 7 aliphatic rings. The van der Waals surface area contributed by atoms with Crippen LogP contribution in [-0.2, 0) is 71.2 Å². The molecule has 37 heteroatoms. The van der Waals surface area contributed by atoms with Crippen LogP contribution in [0.3, 0.4) is 0 Å². The lowest BCUT2D eigenvalue weighted by Gasteiger charge is -2.51. The highest BCUT2D eigenvalue weighted by atomic mass is 16.8. The van der Waals surface area contributed by atoms with Gasteiger partial charge in [-0.3, -0.25) is 9.59 Å². The summed E-state index contributed by atoms with van der Waals surface area (Å²) >= 11 is 0. The zero-order valence-electron chi connectivity index (χ0n) is 44.5. The largest absolute Gasteiger partial charge is 0.394 e. The van der Waals surface area contributed by atoms with E-state index in [4.69, 9.17) is 61.6 Å². The van der Waals surface area contributed by atoms with Crippen LogP contribution < -0.4 is 10.6 Å². The van der Waals surface area contributed by atoms with Crippen molar-refractivity contribution in [2.75, 3.05) is 39.6 Å². The van der Waals surface area contributed by atoms with Gasteiger partial charge in [-0.15, -0.1) is 0 Å². The number of ether oxygens (including phenoxy) is 13. The molecule has 0 aromatic rings. The molecule has 7 fully saturated rings. The molecular weight excluding hydrogens is 1140 g/mol. The van der Waals surface area contributed by atoms with E-state index < -0.39 is 266 Å². The number of amides is 2. The Morgan fingerprint density at radius 1 is 0.313 bits per heavy atom. The number of rotatable bonds is 20. The van der Waals surface area contributed by atoms with E-state index >= 15 is 0 Å². The Kier molecular flexibility index (Phi) is 24.0. The van der Waals surface area contributed by atoms with Crippen LogP contribution in [-0.4, -0.2) is 368 Å². The van der Waals surface area contributed by atoms with Crippen LogP contribution in [0.1, 0.15) is 20.8 Å². The number of aliphatic hydroxyl groups is 20. The molecule has 7 heterocycles. The molecule has 35 atom stereocenters. The lowest BCUT2D eigenvalue weighted by atomic mass is 9.93. The van der Waals surface area contributed by atoms with Gasteiger partial charge >= 0.3 is 0 Å². The highest BCUT2D eigenvalue weighted by molar-refractivity contribution is 5.73. The van der Waals surface area contributed by atoms with E-state index in [9.17, 15) is 112 Å². The van der Waals surface area contributed by atoms with E-state index in [1.807, 2.05) is 0 Å².